The summed E-state index contributed by atoms with van der Waals surface area (Å²) in [5.74, 6) is -0.113. The number of carbonyl (C=O) groups is 1. The van der Waals surface area contributed by atoms with E-state index in [0.29, 0.717) is 17.9 Å². The first-order valence-corrected chi connectivity index (χ1v) is 8.16. The molecular formula is C18H21N3O3. The average molecular weight is 327 g/mol. The van der Waals surface area contributed by atoms with Crippen LogP contribution in [0.5, 0.6) is 0 Å². The number of para-hydroxylation sites is 1. The lowest BCUT2D eigenvalue weighted by atomic mass is 9.95. The number of anilines is 3. The summed E-state index contributed by atoms with van der Waals surface area (Å²) in [5.41, 5.74) is 1.24. The van der Waals surface area contributed by atoms with Crippen molar-refractivity contribution < 1.29 is 4.79 Å². The van der Waals surface area contributed by atoms with E-state index >= 15 is 0 Å². The highest BCUT2D eigenvalue weighted by atomic mass is 16.2. The summed E-state index contributed by atoms with van der Waals surface area (Å²) in [7, 11) is 1.61. The maximum atomic E-state index is 12.8. The lowest BCUT2D eigenvalue weighted by molar-refractivity contribution is -0.118. The number of carbonyl (C=O) groups excluding carboxylic acids is 1. The number of nitrogens with one attached hydrogen (secondary N) is 2. The van der Waals surface area contributed by atoms with Gasteiger partial charge in [0.15, 0.2) is 0 Å². The Labute approximate surface area is 140 Å². The second kappa shape index (κ2) is 6.11. The molecule has 1 heterocycles. The Morgan fingerprint density at radius 1 is 1.25 bits per heavy atom. The summed E-state index contributed by atoms with van der Waals surface area (Å²) >= 11 is 0. The molecule has 1 aliphatic rings. The van der Waals surface area contributed by atoms with Gasteiger partial charge in [0.25, 0.3) is 10.9 Å². The van der Waals surface area contributed by atoms with Crippen LogP contribution in [0, 0.1) is 5.92 Å². The summed E-state index contributed by atoms with van der Waals surface area (Å²) in [4.78, 5) is 38.6. The van der Waals surface area contributed by atoms with Gasteiger partial charge in [0.1, 0.15) is 17.4 Å². The third-order valence-electron chi connectivity index (χ3n) is 4.83. The highest BCUT2D eigenvalue weighted by molar-refractivity contribution is 5.99. The first-order chi connectivity index (χ1) is 11.5. The highest BCUT2D eigenvalue weighted by Gasteiger charge is 2.38. The molecule has 0 aliphatic carbocycles. The predicted molar refractivity (Wildman–Crippen MR) is 95.4 cm³/mol. The number of fused-ring (bicyclic) bond motifs is 1. The van der Waals surface area contributed by atoms with Crippen molar-refractivity contribution in [3.05, 3.63) is 50.3 Å². The second-order valence-corrected chi connectivity index (χ2v) is 6.24. The Morgan fingerprint density at radius 2 is 1.96 bits per heavy atom. The molecule has 126 valence electrons. The van der Waals surface area contributed by atoms with Crippen LogP contribution in [0.3, 0.4) is 0 Å². The number of hydrogen-bond donors (Lipinski definition) is 2. The van der Waals surface area contributed by atoms with Crippen LogP contribution in [0.15, 0.2) is 33.9 Å². The monoisotopic (exact) mass is 327 g/mol. The van der Waals surface area contributed by atoms with E-state index in [2.05, 4.69) is 10.6 Å². The number of benzene rings is 1. The molecule has 0 radical (unpaired) electrons. The lowest BCUT2D eigenvalue weighted by Crippen LogP contribution is -2.51. The van der Waals surface area contributed by atoms with Gasteiger partial charge in [-0.15, -0.1) is 0 Å². The quantitative estimate of drug-likeness (QED) is 0.836. The fourth-order valence-corrected chi connectivity index (χ4v) is 3.30. The highest BCUT2D eigenvalue weighted by Crippen LogP contribution is 2.32. The van der Waals surface area contributed by atoms with Crippen LogP contribution in [0.2, 0.25) is 0 Å². The Balaban J connectivity index is 2.14. The van der Waals surface area contributed by atoms with Gasteiger partial charge in [-0.3, -0.25) is 14.4 Å². The minimum absolute atomic E-state index is 0.0356. The summed E-state index contributed by atoms with van der Waals surface area (Å²) in [5, 5.41) is 5.76. The third-order valence-corrected chi connectivity index (χ3v) is 4.83. The van der Waals surface area contributed by atoms with Crippen LogP contribution in [0.25, 0.3) is 0 Å². The van der Waals surface area contributed by atoms with Crippen LogP contribution >= 0.6 is 0 Å². The van der Waals surface area contributed by atoms with E-state index in [1.54, 1.807) is 11.9 Å². The molecule has 2 atom stereocenters. The van der Waals surface area contributed by atoms with Crippen molar-refractivity contribution in [1.29, 1.82) is 0 Å². The van der Waals surface area contributed by atoms with Crippen molar-refractivity contribution in [2.45, 2.75) is 32.9 Å². The van der Waals surface area contributed by atoms with Gasteiger partial charge < -0.3 is 15.5 Å². The molecule has 2 aromatic carbocycles. The smallest absolute Gasteiger partial charge is 0.253 e. The predicted octanol–water partition coefficient (Wildman–Crippen LogP) is 1.70. The molecule has 0 saturated heterocycles. The van der Waals surface area contributed by atoms with Crippen LogP contribution in [0.4, 0.5) is 17.1 Å². The van der Waals surface area contributed by atoms with E-state index < -0.39 is 16.9 Å². The molecule has 2 aromatic rings. The molecule has 0 fully saturated rings. The molecular weight excluding hydrogens is 306 g/mol. The maximum Gasteiger partial charge on any atom is 0.253 e. The van der Waals surface area contributed by atoms with Gasteiger partial charge in [-0.2, -0.15) is 0 Å². The van der Waals surface area contributed by atoms with Gasteiger partial charge >= 0.3 is 0 Å². The molecule has 0 bridgehead atoms. The first-order valence-electron chi connectivity index (χ1n) is 8.16. The van der Waals surface area contributed by atoms with E-state index in [1.165, 1.54) is 0 Å². The van der Waals surface area contributed by atoms with Crippen molar-refractivity contribution in [3.8, 4) is 0 Å². The number of rotatable bonds is 4. The molecule has 1 aliphatic heterocycles. The van der Waals surface area contributed by atoms with E-state index in [9.17, 15) is 14.4 Å². The zero-order chi connectivity index (χ0) is 17.4. The SMILES string of the molecule is CCC(C)C1C(=O)Nc2ccccc2CN1c1c(NC)c(=O)c1=O. The molecule has 0 spiro atoms. The van der Waals surface area contributed by atoms with E-state index in [1.807, 2.05) is 38.1 Å². The number of amides is 1. The van der Waals surface area contributed by atoms with E-state index in [0.717, 1.165) is 17.7 Å². The third kappa shape index (κ3) is 2.38. The second-order valence-electron chi connectivity index (χ2n) is 6.24. The normalized spacial score (nSPS) is 18.7. The molecule has 24 heavy (non-hydrogen) atoms. The Kier molecular flexibility index (Phi) is 4.13. The minimum Gasteiger partial charge on any atom is -0.383 e. The van der Waals surface area contributed by atoms with E-state index in [-0.39, 0.29) is 11.8 Å². The minimum atomic E-state index is -0.528. The number of hydrogen-bond acceptors (Lipinski definition) is 5. The van der Waals surface area contributed by atoms with Gasteiger partial charge in [-0.25, -0.2) is 0 Å². The average Bonchev–Trinajstić information content (AvgIpc) is 2.73. The fourth-order valence-electron chi connectivity index (χ4n) is 3.30. The Hall–Kier alpha value is -2.63. The van der Waals surface area contributed by atoms with Crippen LogP contribution in [-0.2, 0) is 11.3 Å². The Bertz CT molecular complexity index is 851. The van der Waals surface area contributed by atoms with Gasteiger partial charge in [0.2, 0.25) is 5.91 Å². The summed E-state index contributed by atoms with van der Waals surface area (Å²) in [6.07, 6.45) is 0.787. The number of nitrogens with zero attached hydrogens (tertiary/aromatic N) is 1. The van der Waals surface area contributed by atoms with Gasteiger partial charge in [-0.05, 0) is 17.5 Å². The molecule has 6 heteroatoms. The summed E-state index contributed by atoms with van der Waals surface area (Å²) < 4.78 is 0. The van der Waals surface area contributed by atoms with Crippen molar-refractivity contribution in [2.24, 2.45) is 5.92 Å². The molecule has 2 unspecified atom stereocenters. The van der Waals surface area contributed by atoms with Crippen LogP contribution < -0.4 is 26.4 Å². The van der Waals surface area contributed by atoms with Crippen LogP contribution in [0.1, 0.15) is 25.8 Å². The zero-order valence-corrected chi connectivity index (χ0v) is 14.1. The lowest BCUT2D eigenvalue weighted by Gasteiger charge is -2.35. The Morgan fingerprint density at radius 3 is 2.62 bits per heavy atom. The van der Waals surface area contributed by atoms with Crippen molar-refractivity contribution in [3.63, 3.8) is 0 Å². The van der Waals surface area contributed by atoms with Gasteiger partial charge in [-0.1, -0.05) is 38.5 Å². The van der Waals surface area contributed by atoms with Crippen molar-refractivity contribution >= 4 is 23.0 Å². The summed E-state index contributed by atoms with van der Waals surface area (Å²) in [6, 6.07) is 7.03. The van der Waals surface area contributed by atoms with Gasteiger partial charge in [0, 0.05) is 19.3 Å². The zero-order valence-electron chi connectivity index (χ0n) is 14.1. The molecule has 3 rings (SSSR count). The maximum absolute atomic E-state index is 12.8. The van der Waals surface area contributed by atoms with Gasteiger partial charge in [0.05, 0.1) is 0 Å². The van der Waals surface area contributed by atoms with E-state index in [4.69, 9.17) is 0 Å². The standard InChI is InChI=1S/C18H21N3O3/c1-4-10(2)14-18(24)20-12-8-6-5-7-11(12)9-21(14)15-13(19-3)16(22)17(15)23/h5-8,10,14,19H,4,9H2,1-3H3,(H,20,24). The van der Waals surface area contributed by atoms with Crippen molar-refractivity contribution in [1.82, 2.24) is 0 Å². The molecule has 6 nitrogen and oxygen atoms in total. The molecule has 2 N–H and O–H groups in total. The van der Waals surface area contributed by atoms with Crippen molar-refractivity contribution in [2.75, 3.05) is 22.6 Å². The molecule has 0 saturated carbocycles. The summed E-state index contributed by atoms with van der Waals surface area (Å²) in [6.45, 7) is 4.40. The molecule has 1 amide bonds. The molecule has 0 aromatic heterocycles. The largest absolute Gasteiger partial charge is 0.383 e. The first kappa shape index (κ1) is 16.2. The topological polar surface area (TPSA) is 78.5 Å². The fraction of sp³-hybridized carbons (Fsp3) is 0.389. The van der Waals surface area contributed by atoms with Crippen LogP contribution in [-0.4, -0.2) is 19.0 Å².